The van der Waals surface area contributed by atoms with E-state index in [1.165, 1.54) is 25.7 Å². The molecule has 0 aliphatic heterocycles. The summed E-state index contributed by atoms with van der Waals surface area (Å²) in [6, 6.07) is 7.79. The van der Waals surface area contributed by atoms with Crippen molar-refractivity contribution >= 4 is 23.2 Å². The summed E-state index contributed by atoms with van der Waals surface area (Å²) >= 11 is 5.85. The maximum atomic E-state index is 12.4. The van der Waals surface area contributed by atoms with Crippen LogP contribution in [0.1, 0.15) is 32.6 Å². The first-order valence-corrected chi connectivity index (χ1v) is 7.69. The van der Waals surface area contributed by atoms with Crippen molar-refractivity contribution in [2.45, 2.75) is 44.7 Å². The molecule has 1 aliphatic carbocycles. The molecule has 0 aromatic heterocycles. The molecular formula is C16H24ClN2O+. The van der Waals surface area contributed by atoms with Gasteiger partial charge in [0.15, 0.2) is 6.04 Å². The first-order chi connectivity index (χ1) is 9.41. The average molecular weight is 296 g/mol. The largest absolute Gasteiger partial charge is 0.321 e. The van der Waals surface area contributed by atoms with E-state index in [0.717, 1.165) is 10.2 Å². The number of nitrogens with zero attached hydrogens (tertiary/aromatic N) is 1. The van der Waals surface area contributed by atoms with Gasteiger partial charge in [-0.25, -0.2) is 0 Å². The SMILES string of the molecule is C[C@H](C(=O)Nc1ccc(Cl)cc1)[N+](C)(C)C1CCCC1. The average Bonchev–Trinajstić information content (AvgIpc) is 2.95. The van der Waals surface area contributed by atoms with Crippen molar-refractivity contribution in [3.8, 4) is 0 Å². The van der Waals surface area contributed by atoms with Crippen LogP contribution < -0.4 is 5.32 Å². The number of quaternary nitrogens is 1. The molecule has 1 aromatic rings. The highest BCUT2D eigenvalue weighted by molar-refractivity contribution is 6.30. The summed E-state index contributed by atoms with van der Waals surface area (Å²) in [5.41, 5.74) is 0.803. The molecule has 1 saturated carbocycles. The van der Waals surface area contributed by atoms with E-state index >= 15 is 0 Å². The molecule has 3 nitrogen and oxygen atoms in total. The highest BCUT2D eigenvalue weighted by Crippen LogP contribution is 2.29. The molecule has 0 bridgehead atoms. The van der Waals surface area contributed by atoms with Gasteiger partial charge in [-0.2, -0.15) is 0 Å². The molecule has 0 unspecified atom stereocenters. The summed E-state index contributed by atoms with van der Waals surface area (Å²) in [5.74, 6) is 0.0734. The number of carbonyl (C=O) groups is 1. The van der Waals surface area contributed by atoms with Crippen LogP contribution in [0.5, 0.6) is 0 Å². The number of likely N-dealkylation sites (N-methyl/N-ethyl adjacent to an activating group) is 1. The molecule has 0 heterocycles. The minimum Gasteiger partial charge on any atom is -0.321 e. The maximum Gasteiger partial charge on any atom is 0.282 e. The van der Waals surface area contributed by atoms with Crippen LogP contribution in [0, 0.1) is 0 Å². The summed E-state index contributed by atoms with van der Waals surface area (Å²) in [7, 11) is 4.34. The van der Waals surface area contributed by atoms with Gasteiger partial charge in [-0.1, -0.05) is 11.6 Å². The lowest BCUT2D eigenvalue weighted by Gasteiger charge is -2.40. The fourth-order valence-corrected chi connectivity index (χ4v) is 3.09. The van der Waals surface area contributed by atoms with Crippen molar-refractivity contribution < 1.29 is 9.28 Å². The highest BCUT2D eigenvalue weighted by Gasteiger charge is 2.39. The minimum atomic E-state index is -0.0613. The van der Waals surface area contributed by atoms with Crippen LogP contribution in [0.4, 0.5) is 5.69 Å². The monoisotopic (exact) mass is 295 g/mol. The molecule has 0 saturated heterocycles. The third-order valence-electron chi connectivity index (χ3n) is 4.76. The van der Waals surface area contributed by atoms with Crippen LogP contribution in [0.2, 0.25) is 5.02 Å². The van der Waals surface area contributed by atoms with E-state index in [0.29, 0.717) is 11.1 Å². The van der Waals surface area contributed by atoms with Gasteiger partial charge in [0.1, 0.15) is 0 Å². The lowest BCUT2D eigenvalue weighted by atomic mass is 10.1. The van der Waals surface area contributed by atoms with E-state index in [9.17, 15) is 4.79 Å². The fraction of sp³-hybridized carbons (Fsp3) is 0.562. The number of halogens is 1. The quantitative estimate of drug-likeness (QED) is 0.844. The smallest absolute Gasteiger partial charge is 0.282 e. The van der Waals surface area contributed by atoms with Crippen LogP contribution in [-0.4, -0.2) is 36.6 Å². The van der Waals surface area contributed by atoms with Crippen molar-refractivity contribution in [1.29, 1.82) is 0 Å². The summed E-state index contributed by atoms with van der Waals surface area (Å²) in [6.45, 7) is 2.02. The molecular weight excluding hydrogens is 272 g/mol. The molecule has 0 spiro atoms. The predicted molar refractivity (Wildman–Crippen MR) is 83.9 cm³/mol. The van der Waals surface area contributed by atoms with Gasteiger partial charge in [-0.05, 0) is 56.9 Å². The number of nitrogens with one attached hydrogen (secondary N) is 1. The Morgan fingerprint density at radius 3 is 2.35 bits per heavy atom. The van der Waals surface area contributed by atoms with E-state index in [2.05, 4.69) is 19.4 Å². The zero-order valence-corrected chi connectivity index (χ0v) is 13.3. The minimum absolute atomic E-state index is 0.0613. The Morgan fingerprint density at radius 1 is 1.25 bits per heavy atom. The zero-order valence-electron chi connectivity index (χ0n) is 12.5. The van der Waals surface area contributed by atoms with Gasteiger partial charge in [0.2, 0.25) is 0 Å². The van der Waals surface area contributed by atoms with Crippen molar-refractivity contribution in [3.63, 3.8) is 0 Å². The van der Waals surface area contributed by atoms with Crippen LogP contribution in [0.3, 0.4) is 0 Å². The summed E-state index contributed by atoms with van der Waals surface area (Å²) in [5, 5.41) is 3.66. The molecule has 1 atom stereocenters. The Morgan fingerprint density at radius 2 is 1.80 bits per heavy atom. The molecule has 1 fully saturated rings. The van der Waals surface area contributed by atoms with E-state index in [-0.39, 0.29) is 11.9 Å². The van der Waals surface area contributed by atoms with Crippen molar-refractivity contribution in [3.05, 3.63) is 29.3 Å². The molecule has 20 heavy (non-hydrogen) atoms. The van der Waals surface area contributed by atoms with Crippen LogP contribution in [0.25, 0.3) is 0 Å². The first kappa shape index (κ1) is 15.3. The molecule has 110 valence electrons. The van der Waals surface area contributed by atoms with Crippen molar-refractivity contribution in [2.24, 2.45) is 0 Å². The van der Waals surface area contributed by atoms with E-state index in [4.69, 9.17) is 11.6 Å². The molecule has 1 amide bonds. The van der Waals surface area contributed by atoms with Gasteiger partial charge in [-0.3, -0.25) is 4.79 Å². The van der Waals surface area contributed by atoms with Gasteiger partial charge in [0, 0.05) is 10.7 Å². The summed E-state index contributed by atoms with van der Waals surface area (Å²) in [6.07, 6.45) is 5.03. The Labute approximate surface area is 126 Å². The molecule has 4 heteroatoms. The van der Waals surface area contributed by atoms with Gasteiger partial charge in [0.05, 0.1) is 20.1 Å². The zero-order chi connectivity index (χ0) is 14.8. The van der Waals surface area contributed by atoms with Gasteiger partial charge in [-0.15, -0.1) is 0 Å². The third kappa shape index (κ3) is 3.33. The topological polar surface area (TPSA) is 29.1 Å². The fourth-order valence-electron chi connectivity index (χ4n) is 2.97. The number of anilines is 1. The van der Waals surface area contributed by atoms with Crippen LogP contribution >= 0.6 is 11.6 Å². The van der Waals surface area contributed by atoms with Gasteiger partial charge < -0.3 is 9.80 Å². The second-order valence-electron chi connectivity index (χ2n) is 6.24. The Hall–Kier alpha value is -1.06. The van der Waals surface area contributed by atoms with Gasteiger partial charge >= 0.3 is 0 Å². The highest BCUT2D eigenvalue weighted by atomic mass is 35.5. The lowest BCUT2D eigenvalue weighted by Crippen LogP contribution is -2.57. The Balaban J connectivity index is 2.02. The van der Waals surface area contributed by atoms with E-state index in [1.54, 1.807) is 12.1 Å². The third-order valence-corrected chi connectivity index (χ3v) is 5.01. The number of carbonyl (C=O) groups excluding carboxylic acids is 1. The first-order valence-electron chi connectivity index (χ1n) is 7.31. The molecule has 1 aliphatic rings. The second-order valence-corrected chi connectivity index (χ2v) is 6.68. The van der Waals surface area contributed by atoms with Crippen LogP contribution in [-0.2, 0) is 4.79 Å². The maximum absolute atomic E-state index is 12.4. The van der Waals surface area contributed by atoms with Gasteiger partial charge in [0.25, 0.3) is 5.91 Å². The number of hydrogen-bond donors (Lipinski definition) is 1. The number of benzene rings is 1. The Bertz CT molecular complexity index is 464. The standard InChI is InChI=1S/C16H23ClN2O/c1-12(19(2,3)15-6-4-5-7-15)16(20)18-14-10-8-13(17)9-11-14/h8-12,15H,4-7H2,1-3H3/p+1/t12-/m1/s1. The molecule has 1 N–H and O–H groups in total. The molecule has 0 radical (unpaired) electrons. The number of rotatable bonds is 4. The van der Waals surface area contributed by atoms with E-state index < -0.39 is 0 Å². The van der Waals surface area contributed by atoms with Crippen molar-refractivity contribution in [1.82, 2.24) is 0 Å². The van der Waals surface area contributed by atoms with Crippen molar-refractivity contribution in [2.75, 3.05) is 19.4 Å². The number of hydrogen-bond acceptors (Lipinski definition) is 1. The number of amides is 1. The lowest BCUT2D eigenvalue weighted by molar-refractivity contribution is -0.927. The molecule has 2 rings (SSSR count). The summed E-state index contributed by atoms with van der Waals surface area (Å²) in [4.78, 5) is 12.4. The normalized spacial score (nSPS) is 18.0. The Kier molecular flexibility index (Phi) is 4.71. The van der Waals surface area contributed by atoms with E-state index in [1.807, 2.05) is 19.1 Å². The molecule has 1 aromatic carbocycles. The van der Waals surface area contributed by atoms with Crippen LogP contribution in [0.15, 0.2) is 24.3 Å². The summed E-state index contributed by atoms with van der Waals surface area (Å²) < 4.78 is 0.763. The predicted octanol–water partition coefficient (Wildman–Crippen LogP) is 3.69. The second kappa shape index (κ2) is 6.15.